The van der Waals surface area contributed by atoms with Gasteiger partial charge in [-0.25, -0.2) is 4.79 Å². The quantitative estimate of drug-likeness (QED) is 0.666. The van der Waals surface area contributed by atoms with Crippen LogP contribution in [0.3, 0.4) is 0 Å². The molecule has 2 N–H and O–H groups in total. The first-order chi connectivity index (χ1) is 8.99. The Hall–Kier alpha value is -2.26. The molecular weight excluding hydrogens is 292 g/mol. The van der Waals surface area contributed by atoms with Crippen molar-refractivity contribution in [3.05, 3.63) is 44.1 Å². The van der Waals surface area contributed by atoms with E-state index in [2.05, 4.69) is 5.32 Å². The van der Waals surface area contributed by atoms with Gasteiger partial charge in [-0.2, -0.15) is 0 Å². The Labute approximate surface area is 114 Å². The molecule has 2 aromatic rings. The number of nitrogens with one attached hydrogen (secondary N) is 1. The highest BCUT2D eigenvalue weighted by molar-refractivity contribution is 7.15. The average molecular weight is 298 g/mol. The van der Waals surface area contributed by atoms with E-state index in [0.717, 1.165) is 28.7 Å². The molecule has 0 unspecified atom stereocenters. The molecule has 7 nitrogen and oxygen atoms in total. The van der Waals surface area contributed by atoms with Crippen molar-refractivity contribution >= 4 is 44.6 Å². The first-order valence-corrected chi connectivity index (χ1v) is 6.60. The van der Waals surface area contributed by atoms with Crippen LogP contribution in [0.1, 0.15) is 20.7 Å². The van der Waals surface area contributed by atoms with Gasteiger partial charge in [0.2, 0.25) is 0 Å². The molecule has 0 saturated carbocycles. The number of nitro groups is 1. The number of anilines is 1. The fourth-order valence-corrected chi connectivity index (χ4v) is 2.77. The fraction of sp³-hybridized carbons (Fsp3) is 0. The van der Waals surface area contributed by atoms with Crippen LogP contribution < -0.4 is 5.32 Å². The van der Waals surface area contributed by atoms with E-state index in [4.69, 9.17) is 5.11 Å². The number of nitrogens with zero attached hydrogens (tertiary/aromatic N) is 1. The Morgan fingerprint density at radius 1 is 1.37 bits per heavy atom. The molecule has 0 bridgehead atoms. The van der Waals surface area contributed by atoms with Crippen LogP contribution in [0.5, 0.6) is 0 Å². The van der Waals surface area contributed by atoms with Crippen LogP contribution in [0, 0.1) is 10.1 Å². The van der Waals surface area contributed by atoms with Crippen LogP contribution in [-0.2, 0) is 0 Å². The van der Waals surface area contributed by atoms with Crippen molar-refractivity contribution < 1.29 is 19.6 Å². The summed E-state index contributed by atoms with van der Waals surface area (Å²) in [5.74, 6) is -1.72. The van der Waals surface area contributed by atoms with Gasteiger partial charge < -0.3 is 10.4 Å². The zero-order valence-electron chi connectivity index (χ0n) is 9.15. The van der Waals surface area contributed by atoms with Gasteiger partial charge >= 0.3 is 11.0 Å². The van der Waals surface area contributed by atoms with Crippen LogP contribution in [0.4, 0.5) is 10.0 Å². The molecule has 2 heterocycles. The molecule has 0 aromatic carbocycles. The molecule has 19 heavy (non-hydrogen) atoms. The lowest BCUT2D eigenvalue weighted by atomic mass is 10.3. The highest BCUT2D eigenvalue weighted by atomic mass is 32.1. The van der Waals surface area contributed by atoms with Crippen molar-refractivity contribution in [2.24, 2.45) is 0 Å². The lowest BCUT2D eigenvalue weighted by molar-refractivity contribution is -0.380. The molecule has 0 fully saturated rings. The Morgan fingerprint density at radius 2 is 2.11 bits per heavy atom. The van der Waals surface area contributed by atoms with Crippen molar-refractivity contribution in [1.82, 2.24) is 0 Å². The molecule has 2 rings (SSSR count). The average Bonchev–Trinajstić information content (AvgIpc) is 2.96. The van der Waals surface area contributed by atoms with Gasteiger partial charge in [-0.3, -0.25) is 14.9 Å². The van der Waals surface area contributed by atoms with Gasteiger partial charge in [0.25, 0.3) is 5.91 Å². The Bertz CT molecular complexity index is 660. The fourth-order valence-electron chi connectivity index (χ4n) is 1.29. The smallest absolute Gasteiger partial charge is 0.338 e. The van der Waals surface area contributed by atoms with Gasteiger partial charge in [-0.05, 0) is 11.4 Å². The van der Waals surface area contributed by atoms with Crippen molar-refractivity contribution in [3.63, 3.8) is 0 Å². The minimum absolute atomic E-state index is 0.0110. The number of thiophene rings is 2. The maximum absolute atomic E-state index is 11.8. The Kier molecular flexibility index (Phi) is 3.58. The molecule has 9 heteroatoms. The molecule has 98 valence electrons. The third-order valence-electron chi connectivity index (χ3n) is 2.15. The minimum atomic E-state index is -1.15. The summed E-state index contributed by atoms with van der Waals surface area (Å²) < 4.78 is 0. The van der Waals surface area contributed by atoms with Gasteiger partial charge in [0.15, 0.2) is 0 Å². The van der Waals surface area contributed by atoms with Gasteiger partial charge in [0.05, 0.1) is 16.1 Å². The number of aromatic carboxylic acids is 1. The number of rotatable bonds is 4. The van der Waals surface area contributed by atoms with Crippen molar-refractivity contribution in [2.75, 3.05) is 5.32 Å². The number of carboxylic acids is 1. The van der Waals surface area contributed by atoms with Crippen LogP contribution >= 0.6 is 22.7 Å². The highest BCUT2D eigenvalue weighted by Gasteiger charge is 2.18. The second kappa shape index (κ2) is 5.16. The second-order valence-electron chi connectivity index (χ2n) is 3.35. The van der Waals surface area contributed by atoms with Crippen molar-refractivity contribution in [1.29, 1.82) is 0 Å². The molecular formula is C10H6N2O5S2. The summed E-state index contributed by atoms with van der Waals surface area (Å²) in [6.45, 7) is 0. The third-order valence-corrected chi connectivity index (χ3v) is 3.86. The van der Waals surface area contributed by atoms with E-state index in [1.165, 1.54) is 16.8 Å². The van der Waals surface area contributed by atoms with Gasteiger partial charge in [-0.15, -0.1) is 11.3 Å². The Morgan fingerprint density at radius 3 is 2.68 bits per heavy atom. The van der Waals surface area contributed by atoms with E-state index in [9.17, 15) is 19.7 Å². The number of carboxylic acid groups (broad SMARTS) is 1. The second-order valence-corrected chi connectivity index (χ2v) is 5.16. The monoisotopic (exact) mass is 298 g/mol. The summed E-state index contributed by atoms with van der Waals surface area (Å²) >= 11 is 1.91. The SMILES string of the molecule is O=C(Nc1sccc1C(=O)O)c1csc([N+](=O)[O-])c1. The normalized spacial score (nSPS) is 10.1. The van der Waals surface area contributed by atoms with E-state index in [1.807, 2.05) is 0 Å². The predicted octanol–water partition coefficient (Wildman–Crippen LogP) is 2.67. The Balaban J connectivity index is 2.18. The maximum atomic E-state index is 11.8. The van der Waals surface area contributed by atoms with E-state index >= 15 is 0 Å². The molecule has 0 aliphatic heterocycles. The zero-order chi connectivity index (χ0) is 14.0. The molecule has 0 saturated heterocycles. The molecule has 2 aromatic heterocycles. The lowest BCUT2D eigenvalue weighted by Gasteiger charge is -2.01. The summed E-state index contributed by atoms with van der Waals surface area (Å²) in [7, 11) is 0. The molecule has 0 aliphatic rings. The predicted molar refractivity (Wildman–Crippen MR) is 70.2 cm³/mol. The van der Waals surface area contributed by atoms with Gasteiger partial charge in [0, 0.05) is 11.4 Å². The first-order valence-electron chi connectivity index (χ1n) is 4.84. The summed E-state index contributed by atoms with van der Waals surface area (Å²) in [6.07, 6.45) is 0. The standard InChI is InChI=1S/C10H6N2O5S2/c13-8(5-3-7(12(16)17)19-4-5)11-9-6(10(14)15)1-2-18-9/h1-4H,(H,11,13)(H,14,15). The zero-order valence-corrected chi connectivity index (χ0v) is 10.8. The molecule has 0 radical (unpaired) electrons. The molecule has 0 atom stereocenters. The number of amides is 1. The number of carbonyl (C=O) groups is 2. The van der Waals surface area contributed by atoms with Crippen LogP contribution in [0.2, 0.25) is 0 Å². The number of hydrogen-bond donors (Lipinski definition) is 2. The topological polar surface area (TPSA) is 110 Å². The molecule has 0 spiro atoms. The van der Waals surface area contributed by atoms with Crippen LogP contribution in [0.25, 0.3) is 0 Å². The van der Waals surface area contributed by atoms with E-state index in [-0.39, 0.29) is 21.1 Å². The first kappa shape index (κ1) is 13.2. The van der Waals surface area contributed by atoms with Crippen molar-refractivity contribution in [3.8, 4) is 0 Å². The van der Waals surface area contributed by atoms with Gasteiger partial charge in [-0.1, -0.05) is 11.3 Å². The van der Waals surface area contributed by atoms with Gasteiger partial charge in [0.1, 0.15) is 5.00 Å². The van der Waals surface area contributed by atoms with Crippen LogP contribution in [-0.4, -0.2) is 21.9 Å². The minimum Gasteiger partial charge on any atom is -0.478 e. The third kappa shape index (κ3) is 2.77. The maximum Gasteiger partial charge on any atom is 0.338 e. The van der Waals surface area contributed by atoms with Crippen molar-refractivity contribution in [2.45, 2.75) is 0 Å². The van der Waals surface area contributed by atoms with E-state index < -0.39 is 16.8 Å². The summed E-state index contributed by atoms with van der Waals surface area (Å²) in [4.78, 5) is 32.6. The van der Waals surface area contributed by atoms with E-state index in [1.54, 1.807) is 0 Å². The number of carbonyl (C=O) groups excluding carboxylic acids is 1. The lowest BCUT2D eigenvalue weighted by Crippen LogP contribution is -2.12. The molecule has 0 aliphatic carbocycles. The largest absolute Gasteiger partial charge is 0.478 e. The summed E-state index contributed by atoms with van der Waals surface area (Å²) in [5, 5.41) is 24.8. The van der Waals surface area contributed by atoms with Crippen LogP contribution in [0.15, 0.2) is 22.9 Å². The highest BCUT2D eigenvalue weighted by Crippen LogP contribution is 2.26. The summed E-state index contributed by atoms with van der Waals surface area (Å²) in [6, 6.07) is 2.52. The summed E-state index contributed by atoms with van der Waals surface area (Å²) in [5.41, 5.74) is 0.115. The number of hydrogen-bond acceptors (Lipinski definition) is 6. The molecule has 1 amide bonds. The van der Waals surface area contributed by atoms with E-state index in [0.29, 0.717) is 0 Å².